The second kappa shape index (κ2) is 5.32. The molecule has 4 heteroatoms. The summed E-state index contributed by atoms with van der Waals surface area (Å²) >= 11 is 0. The molecule has 2 N–H and O–H groups in total. The Kier molecular flexibility index (Phi) is 4.35. The molecule has 1 fully saturated rings. The molecule has 14 heavy (non-hydrogen) atoms. The second-order valence-corrected chi connectivity index (χ2v) is 3.93. The number of nitrogens with one attached hydrogen (secondary N) is 2. The van der Waals surface area contributed by atoms with Crippen molar-refractivity contribution < 1.29 is 9.53 Å². The molecule has 1 amide bonds. The first kappa shape index (κ1) is 11.5. The standard InChI is InChI=1S/C10H20N2O2/c1-7(6-11-3)14-8(2)10(13)12-9-4-5-9/h7-9,11H,4-6H2,1-3H3,(H,12,13). The zero-order valence-electron chi connectivity index (χ0n) is 9.17. The van der Waals surface area contributed by atoms with Crippen LogP contribution in [0.4, 0.5) is 0 Å². The van der Waals surface area contributed by atoms with Gasteiger partial charge >= 0.3 is 0 Å². The van der Waals surface area contributed by atoms with Crippen molar-refractivity contribution in [2.24, 2.45) is 0 Å². The smallest absolute Gasteiger partial charge is 0.249 e. The third-order valence-electron chi connectivity index (χ3n) is 2.22. The number of carbonyl (C=O) groups excluding carboxylic acids is 1. The zero-order chi connectivity index (χ0) is 10.6. The molecule has 4 nitrogen and oxygen atoms in total. The maximum Gasteiger partial charge on any atom is 0.249 e. The summed E-state index contributed by atoms with van der Waals surface area (Å²) in [4.78, 5) is 11.5. The summed E-state index contributed by atoms with van der Waals surface area (Å²) in [6, 6.07) is 0.410. The van der Waals surface area contributed by atoms with Crippen LogP contribution in [0.1, 0.15) is 26.7 Å². The lowest BCUT2D eigenvalue weighted by Gasteiger charge is -2.18. The van der Waals surface area contributed by atoms with E-state index in [-0.39, 0.29) is 18.1 Å². The van der Waals surface area contributed by atoms with Crippen molar-refractivity contribution in [3.8, 4) is 0 Å². The van der Waals surface area contributed by atoms with E-state index in [1.165, 1.54) is 0 Å². The van der Waals surface area contributed by atoms with E-state index in [9.17, 15) is 4.79 Å². The van der Waals surface area contributed by atoms with Crippen molar-refractivity contribution in [2.45, 2.75) is 44.9 Å². The summed E-state index contributed by atoms with van der Waals surface area (Å²) in [6.07, 6.45) is 1.95. The van der Waals surface area contributed by atoms with Gasteiger partial charge in [-0.2, -0.15) is 0 Å². The van der Waals surface area contributed by atoms with E-state index in [2.05, 4.69) is 10.6 Å². The van der Waals surface area contributed by atoms with Gasteiger partial charge in [0.05, 0.1) is 6.10 Å². The van der Waals surface area contributed by atoms with Crippen molar-refractivity contribution in [2.75, 3.05) is 13.6 Å². The third-order valence-corrected chi connectivity index (χ3v) is 2.22. The van der Waals surface area contributed by atoms with Crippen molar-refractivity contribution in [3.05, 3.63) is 0 Å². The van der Waals surface area contributed by atoms with E-state index in [0.29, 0.717) is 6.04 Å². The minimum Gasteiger partial charge on any atom is -0.364 e. The predicted octanol–water partition coefficient (Wildman–Crippen LogP) is 0.278. The highest BCUT2D eigenvalue weighted by Gasteiger charge is 2.26. The van der Waals surface area contributed by atoms with Gasteiger partial charge in [0.25, 0.3) is 0 Å². The maximum atomic E-state index is 11.5. The molecule has 0 aliphatic heterocycles. The monoisotopic (exact) mass is 200 g/mol. The highest BCUT2D eigenvalue weighted by Crippen LogP contribution is 2.18. The van der Waals surface area contributed by atoms with E-state index in [1.807, 2.05) is 14.0 Å². The lowest BCUT2D eigenvalue weighted by Crippen LogP contribution is -2.39. The maximum absolute atomic E-state index is 11.5. The molecule has 1 aliphatic rings. The normalized spacial score (nSPS) is 20.2. The van der Waals surface area contributed by atoms with Gasteiger partial charge in [-0.3, -0.25) is 4.79 Å². The van der Waals surface area contributed by atoms with E-state index in [0.717, 1.165) is 19.4 Å². The quantitative estimate of drug-likeness (QED) is 0.647. The number of hydrogen-bond acceptors (Lipinski definition) is 3. The molecule has 0 aromatic carbocycles. The molecule has 0 heterocycles. The second-order valence-electron chi connectivity index (χ2n) is 3.93. The Bertz CT molecular complexity index is 193. The van der Waals surface area contributed by atoms with Gasteiger partial charge in [-0.1, -0.05) is 0 Å². The molecule has 0 aromatic heterocycles. The number of carbonyl (C=O) groups is 1. The average molecular weight is 200 g/mol. The molecular weight excluding hydrogens is 180 g/mol. The average Bonchev–Trinajstić information content (AvgIpc) is 2.88. The Morgan fingerprint density at radius 1 is 1.50 bits per heavy atom. The summed E-state index contributed by atoms with van der Waals surface area (Å²) in [6.45, 7) is 4.52. The van der Waals surface area contributed by atoms with E-state index < -0.39 is 0 Å². The van der Waals surface area contributed by atoms with Gasteiger partial charge in [-0.15, -0.1) is 0 Å². The molecule has 1 aliphatic carbocycles. The molecule has 0 aromatic rings. The van der Waals surface area contributed by atoms with Crippen LogP contribution in [0.5, 0.6) is 0 Å². The fourth-order valence-electron chi connectivity index (χ4n) is 1.29. The van der Waals surface area contributed by atoms with Crippen LogP contribution in [0.15, 0.2) is 0 Å². The first-order valence-electron chi connectivity index (χ1n) is 5.24. The lowest BCUT2D eigenvalue weighted by atomic mass is 10.3. The first-order valence-corrected chi connectivity index (χ1v) is 5.24. The summed E-state index contributed by atoms with van der Waals surface area (Å²) in [5.74, 6) is 0.00968. The first-order chi connectivity index (χ1) is 6.63. The topological polar surface area (TPSA) is 50.4 Å². The van der Waals surface area contributed by atoms with Gasteiger partial charge in [-0.05, 0) is 33.7 Å². The molecule has 1 rings (SSSR count). The molecule has 0 bridgehead atoms. The highest BCUT2D eigenvalue weighted by atomic mass is 16.5. The number of rotatable bonds is 6. The van der Waals surface area contributed by atoms with E-state index in [1.54, 1.807) is 6.92 Å². The Labute approximate surface area is 85.4 Å². The van der Waals surface area contributed by atoms with Crippen LogP contribution in [0, 0.1) is 0 Å². The Morgan fingerprint density at radius 2 is 2.14 bits per heavy atom. The van der Waals surface area contributed by atoms with Crippen LogP contribution in [0.2, 0.25) is 0 Å². The van der Waals surface area contributed by atoms with Crippen molar-refractivity contribution in [3.63, 3.8) is 0 Å². The lowest BCUT2D eigenvalue weighted by molar-refractivity contribution is -0.134. The fourth-order valence-corrected chi connectivity index (χ4v) is 1.29. The van der Waals surface area contributed by atoms with E-state index in [4.69, 9.17) is 4.74 Å². The predicted molar refractivity (Wildman–Crippen MR) is 55.1 cm³/mol. The molecule has 0 spiro atoms. The van der Waals surface area contributed by atoms with Gasteiger partial charge < -0.3 is 15.4 Å². The summed E-state index contributed by atoms with van der Waals surface area (Å²) in [7, 11) is 1.87. The molecule has 2 atom stereocenters. The third kappa shape index (κ3) is 4.07. The Hall–Kier alpha value is -0.610. The molecule has 82 valence electrons. The van der Waals surface area contributed by atoms with Crippen LogP contribution in [-0.2, 0) is 9.53 Å². The van der Waals surface area contributed by atoms with E-state index >= 15 is 0 Å². The van der Waals surface area contributed by atoms with Gasteiger partial charge in [0, 0.05) is 12.6 Å². The minimum atomic E-state index is -0.348. The van der Waals surface area contributed by atoms with Crippen LogP contribution in [0.25, 0.3) is 0 Å². The van der Waals surface area contributed by atoms with Gasteiger partial charge in [0.2, 0.25) is 5.91 Å². The Balaban J connectivity index is 2.17. The molecular formula is C10H20N2O2. The largest absolute Gasteiger partial charge is 0.364 e. The van der Waals surface area contributed by atoms with Crippen molar-refractivity contribution in [1.29, 1.82) is 0 Å². The number of likely N-dealkylation sites (N-methyl/N-ethyl adjacent to an activating group) is 1. The highest BCUT2D eigenvalue weighted by molar-refractivity contribution is 5.80. The molecule has 1 saturated carbocycles. The van der Waals surface area contributed by atoms with Crippen LogP contribution < -0.4 is 10.6 Å². The Morgan fingerprint density at radius 3 is 2.64 bits per heavy atom. The number of amides is 1. The number of ether oxygens (including phenoxy) is 1. The van der Waals surface area contributed by atoms with Gasteiger partial charge in [-0.25, -0.2) is 0 Å². The summed E-state index contributed by atoms with van der Waals surface area (Å²) < 4.78 is 5.51. The van der Waals surface area contributed by atoms with Crippen molar-refractivity contribution >= 4 is 5.91 Å². The fraction of sp³-hybridized carbons (Fsp3) is 0.900. The van der Waals surface area contributed by atoms with Gasteiger partial charge in [0.1, 0.15) is 6.10 Å². The zero-order valence-corrected chi connectivity index (χ0v) is 9.17. The summed E-state index contributed by atoms with van der Waals surface area (Å²) in [5.41, 5.74) is 0. The SMILES string of the molecule is CNCC(C)OC(C)C(=O)NC1CC1. The van der Waals surface area contributed by atoms with Crippen LogP contribution in [0.3, 0.4) is 0 Å². The molecule has 0 saturated heterocycles. The van der Waals surface area contributed by atoms with Crippen molar-refractivity contribution in [1.82, 2.24) is 10.6 Å². The van der Waals surface area contributed by atoms with Crippen LogP contribution in [-0.4, -0.2) is 37.7 Å². The number of hydrogen-bond donors (Lipinski definition) is 2. The van der Waals surface area contributed by atoms with Gasteiger partial charge in [0.15, 0.2) is 0 Å². The minimum absolute atomic E-state index is 0.00968. The van der Waals surface area contributed by atoms with Crippen LogP contribution >= 0.6 is 0 Å². The molecule has 0 radical (unpaired) electrons. The molecule has 2 unspecified atom stereocenters. The summed E-state index contributed by atoms with van der Waals surface area (Å²) in [5, 5.41) is 5.92.